The molecule has 1 atom stereocenters. The highest BCUT2D eigenvalue weighted by molar-refractivity contribution is 6.23. The van der Waals surface area contributed by atoms with Gasteiger partial charge in [-0.05, 0) is 37.5 Å². The van der Waals surface area contributed by atoms with Crippen molar-refractivity contribution in [2.24, 2.45) is 0 Å². The molecule has 1 unspecified atom stereocenters. The van der Waals surface area contributed by atoms with Crippen molar-refractivity contribution in [2.45, 2.75) is 64.0 Å². The molecule has 2 aromatic carbocycles. The van der Waals surface area contributed by atoms with Gasteiger partial charge in [0, 0.05) is 6.04 Å². The molecule has 1 aliphatic heterocycles. The zero-order valence-corrected chi connectivity index (χ0v) is 17.4. The first-order valence-electron chi connectivity index (χ1n) is 10.8. The Bertz CT molecular complexity index is 917. The van der Waals surface area contributed by atoms with Crippen LogP contribution in [0.15, 0.2) is 54.6 Å². The molecule has 156 valence electrons. The largest absolute Gasteiger partial charge is 0.327 e. The number of carbonyl (C=O) groups is 3. The summed E-state index contributed by atoms with van der Waals surface area (Å²) in [5.74, 6) is -0.581. The zero-order valence-electron chi connectivity index (χ0n) is 17.4. The van der Waals surface area contributed by atoms with Crippen LogP contribution >= 0.6 is 0 Å². The second-order valence-corrected chi connectivity index (χ2v) is 8.38. The minimum atomic E-state index is -0.710. The summed E-state index contributed by atoms with van der Waals surface area (Å²) in [7, 11) is 0. The SMILES string of the molecule is Cc1ccc(N2C(=O)CC(N(C(=O)Cc3ccccc3)C3CCCCC3)C2=O)cc1. The van der Waals surface area contributed by atoms with Crippen LogP contribution in [0.2, 0.25) is 0 Å². The Labute approximate surface area is 177 Å². The summed E-state index contributed by atoms with van der Waals surface area (Å²) in [6.45, 7) is 1.97. The standard InChI is InChI=1S/C25H28N2O3/c1-18-12-14-21(15-13-18)27-24(29)17-22(25(27)30)26(20-10-6-3-7-11-20)23(28)16-19-8-4-2-5-9-19/h2,4-5,8-9,12-15,20,22H,3,6-7,10-11,16-17H2,1H3. The molecule has 2 fully saturated rings. The van der Waals surface area contributed by atoms with Crippen LogP contribution < -0.4 is 4.90 Å². The van der Waals surface area contributed by atoms with E-state index < -0.39 is 6.04 Å². The van der Waals surface area contributed by atoms with Crippen molar-refractivity contribution in [1.82, 2.24) is 4.90 Å². The molecule has 4 rings (SSSR count). The highest BCUT2D eigenvalue weighted by Gasteiger charge is 2.46. The van der Waals surface area contributed by atoms with Gasteiger partial charge in [0.05, 0.1) is 18.5 Å². The van der Waals surface area contributed by atoms with E-state index in [2.05, 4.69) is 0 Å². The number of carbonyl (C=O) groups excluding carboxylic acids is 3. The van der Waals surface area contributed by atoms with E-state index in [4.69, 9.17) is 0 Å². The van der Waals surface area contributed by atoms with Crippen molar-refractivity contribution in [3.63, 3.8) is 0 Å². The van der Waals surface area contributed by atoms with Crippen molar-refractivity contribution >= 4 is 23.4 Å². The van der Waals surface area contributed by atoms with Crippen LogP contribution in [0, 0.1) is 6.92 Å². The average molecular weight is 405 g/mol. The lowest BCUT2D eigenvalue weighted by Crippen LogP contribution is -2.51. The maximum Gasteiger partial charge on any atom is 0.257 e. The van der Waals surface area contributed by atoms with Crippen LogP contribution in [0.5, 0.6) is 0 Å². The fourth-order valence-electron chi connectivity index (χ4n) is 4.65. The van der Waals surface area contributed by atoms with Gasteiger partial charge in [0.15, 0.2) is 0 Å². The molecular weight excluding hydrogens is 376 g/mol. The highest BCUT2D eigenvalue weighted by Crippen LogP contribution is 2.31. The van der Waals surface area contributed by atoms with E-state index in [1.165, 1.54) is 4.90 Å². The summed E-state index contributed by atoms with van der Waals surface area (Å²) in [4.78, 5) is 42.6. The van der Waals surface area contributed by atoms with Gasteiger partial charge in [-0.2, -0.15) is 0 Å². The molecule has 2 aliphatic rings. The van der Waals surface area contributed by atoms with Crippen molar-refractivity contribution in [3.05, 3.63) is 65.7 Å². The maximum absolute atomic E-state index is 13.4. The number of benzene rings is 2. The molecule has 5 heteroatoms. The van der Waals surface area contributed by atoms with E-state index in [-0.39, 0.29) is 36.6 Å². The Hall–Kier alpha value is -2.95. The number of rotatable bonds is 5. The number of imide groups is 1. The first-order chi connectivity index (χ1) is 14.5. The Morgan fingerprint density at radius 1 is 0.967 bits per heavy atom. The maximum atomic E-state index is 13.4. The summed E-state index contributed by atoms with van der Waals surface area (Å²) in [6.07, 6.45) is 5.35. The third kappa shape index (κ3) is 4.16. The fraction of sp³-hybridized carbons (Fsp3) is 0.400. The summed E-state index contributed by atoms with van der Waals surface area (Å²) in [5, 5.41) is 0. The smallest absolute Gasteiger partial charge is 0.257 e. The normalized spacial score (nSPS) is 19.9. The van der Waals surface area contributed by atoms with Gasteiger partial charge in [-0.15, -0.1) is 0 Å². The van der Waals surface area contributed by atoms with E-state index in [0.29, 0.717) is 5.69 Å². The third-order valence-electron chi connectivity index (χ3n) is 6.21. The van der Waals surface area contributed by atoms with Crippen LogP contribution in [0.1, 0.15) is 49.7 Å². The number of amides is 3. The first-order valence-corrected chi connectivity index (χ1v) is 10.8. The zero-order chi connectivity index (χ0) is 21.1. The molecular formula is C25H28N2O3. The van der Waals surface area contributed by atoms with E-state index in [0.717, 1.165) is 43.2 Å². The Morgan fingerprint density at radius 3 is 2.30 bits per heavy atom. The van der Waals surface area contributed by atoms with Gasteiger partial charge in [0.2, 0.25) is 11.8 Å². The Balaban J connectivity index is 1.61. The van der Waals surface area contributed by atoms with Crippen molar-refractivity contribution < 1.29 is 14.4 Å². The molecule has 1 saturated carbocycles. The van der Waals surface area contributed by atoms with Gasteiger partial charge < -0.3 is 4.90 Å². The average Bonchev–Trinajstić information content (AvgIpc) is 3.04. The van der Waals surface area contributed by atoms with Gasteiger partial charge in [-0.3, -0.25) is 14.4 Å². The Kier molecular flexibility index (Phi) is 5.98. The van der Waals surface area contributed by atoms with Crippen molar-refractivity contribution in [1.29, 1.82) is 0 Å². The topological polar surface area (TPSA) is 57.7 Å². The van der Waals surface area contributed by atoms with E-state index >= 15 is 0 Å². The molecule has 0 bridgehead atoms. The number of hydrogen-bond donors (Lipinski definition) is 0. The molecule has 5 nitrogen and oxygen atoms in total. The lowest BCUT2D eigenvalue weighted by Gasteiger charge is -2.37. The lowest BCUT2D eigenvalue weighted by atomic mass is 9.92. The summed E-state index contributed by atoms with van der Waals surface area (Å²) in [6, 6.07) is 16.3. The second kappa shape index (κ2) is 8.82. The molecule has 30 heavy (non-hydrogen) atoms. The van der Waals surface area contributed by atoms with Gasteiger partial charge in [0.25, 0.3) is 5.91 Å². The van der Waals surface area contributed by atoms with E-state index in [1.807, 2.05) is 49.4 Å². The van der Waals surface area contributed by atoms with Crippen molar-refractivity contribution in [2.75, 3.05) is 4.90 Å². The predicted molar refractivity (Wildman–Crippen MR) is 116 cm³/mol. The first kappa shape index (κ1) is 20.3. The molecule has 2 aromatic rings. The van der Waals surface area contributed by atoms with E-state index in [9.17, 15) is 14.4 Å². The minimum absolute atomic E-state index is 0.0229. The predicted octanol–water partition coefficient (Wildman–Crippen LogP) is 4.03. The minimum Gasteiger partial charge on any atom is -0.327 e. The highest BCUT2D eigenvalue weighted by atomic mass is 16.2. The third-order valence-corrected chi connectivity index (χ3v) is 6.21. The quantitative estimate of drug-likeness (QED) is 0.707. The molecule has 0 N–H and O–H groups in total. The van der Waals surface area contributed by atoms with Crippen molar-refractivity contribution in [3.8, 4) is 0 Å². The molecule has 0 aromatic heterocycles. The number of hydrogen-bond acceptors (Lipinski definition) is 3. The van der Waals surface area contributed by atoms with Gasteiger partial charge in [0.1, 0.15) is 6.04 Å². The Morgan fingerprint density at radius 2 is 1.63 bits per heavy atom. The monoisotopic (exact) mass is 404 g/mol. The lowest BCUT2D eigenvalue weighted by molar-refractivity contribution is -0.141. The molecule has 0 radical (unpaired) electrons. The molecule has 1 heterocycles. The van der Waals surface area contributed by atoms with Crippen LogP contribution in [-0.2, 0) is 20.8 Å². The van der Waals surface area contributed by atoms with Crippen LogP contribution in [0.3, 0.4) is 0 Å². The molecule has 0 spiro atoms. The van der Waals surface area contributed by atoms with Gasteiger partial charge in [-0.1, -0.05) is 67.3 Å². The van der Waals surface area contributed by atoms with Crippen LogP contribution in [0.4, 0.5) is 5.69 Å². The number of aryl methyl sites for hydroxylation is 1. The van der Waals surface area contributed by atoms with Gasteiger partial charge in [-0.25, -0.2) is 4.90 Å². The van der Waals surface area contributed by atoms with Crippen LogP contribution in [-0.4, -0.2) is 34.7 Å². The summed E-state index contributed by atoms with van der Waals surface area (Å²) >= 11 is 0. The molecule has 1 saturated heterocycles. The molecule has 1 aliphatic carbocycles. The molecule has 3 amide bonds. The fourth-order valence-corrected chi connectivity index (χ4v) is 4.65. The van der Waals surface area contributed by atoms with Crippen LogP contribution in [0.25, 0.3) is 0 Å². The van der Waals surface area contributed by atoms with Gasteiger partial charge >= 0.3 is 0 Å². The number of nitrogens with zero attached hydrogens (tertiary/aromatic N) is 2. The second-order valence-electron chi connectivity index (χ2n) is 8.38. The summed E-state index contributed by atoms with van der Waals surface area (Å²) in [5.41, 5.74) is 2.57. The summed E-state index contributed by atoms with van der Waals surface area (Å²) < 4.78 is 0. The van der Waals surface area contributed by atoms with E-state index in [1.54, 1.807) is 17.0 Å². The number of anilines is 1.